The lowest BCUT2D eigenvalue weighted by atomic mass is 10.1. The molecule has 0 atom stereocenters. The Bertz CT molecular complexity index is 1070. The van der Waals surface area contributed by atoms with E-state index in [9.17, 15) is 13.2 Å². The number of imidazole rings is 1. The highest BCUT2D eigenvalue weighted by Gasteiger charge is 2.28. The lowest BCUT2D eigenvalue weighted by Crippen LogP contribution is -2.26. The summed E-state index contributed by atoms with van der Waals surface area (Å²) < 4.78 is 27.4. The van der Waals surface area contributed by atoms with Gasteiger partial charge in [-0.3, -0.25) is 10.1 Å². The molecule has 0 saturated heterocycles. The molecule has 1 heterocycles. The van der Waals surface area contributed by atoms with Crippen molar-refractivity contribution in [1.82, 2.24) is 14.7 Å². The summed E-state index contributed by atoms with van der Waals surface area (Å²) in [6.07, 6.45) is 1.70. The van der Waals surface area contributed by atoms with E-state index >= 15 is 0 Å². The number of nitrogens with zero attached hydrogens (tertiary/aromatic N) is 1. The highest BCUT2D eigenvalue weighted by atomic mass is 32.2. The first-order valence-electron chi connectivity index (χ1n) is 8.31. The summed E-state index contributed by atoms with van der Waals surface area (Å²) in [4.78, 5) is 20.1. The number of H-pyrrole nitrogens is 1. The number of sulfonamides is 1. The van der Waals surface area contributed by atoms with Gasteiger partial charge in [0.05, 0.1) is 15.9 Å². The lowest BCUT2D eigenvalue weighted by Gasteiger charge is -2.10. The highest BCUT2D eigenvalue weighted by Crippen LogP contribution is 2.23. The summed E-state index contributed by atoms with van der Waals surface area (Å²) in [7, 11) is -3.62. The van der Waals surface area contributed by atoms with Gasteiger partial charge in [0.2, 0.25) is 16.0 Å². The second kappa shape index (κ2) is 6.22. The fourth-order valence-electron chi connectivity index (χ4n) is 2.69. The number of aromatic amines is 1. The number of hydrogen-bond acceptors (Lipinski definition) is 4. The van der Waals surface area contributed by atoms with Crippen molar-refractivity contribution in [3.05, 3.63) is 53.6 Å². The fourth-order valence-corrected chi connectivity index (χ4v) is 4.02. The molecule has 1 fully saturated rings. The molecule has 1 aliphatic carbocycles. The van der Waals surface area contributed by atoms with E-state index in [0.717, 1.165) is 23.9 Å². The number of rotatable bonds is 5. The van der Waals surface area contributed by atoms with Crippen LogP contribution >= 0.6 is 0 Å². The predicted molar refractivity (Wildman–Crippen MR) is 98.6 cm³/mol. The second-order valence-corrected chi connectivity index (χ2v) is 8.14. The molecule has 0 spiro atoms. The van der Waals surface area contributed by atoms with Crippen LogP contribution in [0.15, 0.2) is 47.4 Å². The van der Waals surface area contributed by atoms with Crippen LogP contribution in [-0.4, -0.2) is 30.3 Å². The van der Waals surface area contributed by atoms with Gasteiger partial charge in [0.1, 0.15) is 0 Å². The predicted octanol–water partition coefficient (Wildman–Crippen LogP) is 2.56. The number of hydrogen-bond donors (Lipinski definition) is 3. The smallest absolute Gasteiger partial charge is 0.258 e. The zero-order valence-corrected chi connectivity index (χ0v) is 14.9. The maximum atomic E-state index is 12.6. The van der Waals surface area contributed by atoms with E-state index in [4.69, 9.17) is 0 Å². The van der Waals surface area contributed by atoms with Gasteiger partial charge in [-0.2, -0.15) is 0 Å². The molecule has 7 nitrogen and oxygen atoms in total. The Kier molecular flexibility index (Phi) is 4.01. The van der Waals surface area contributed by atoms with Crippen LogP contribution in [0.25, 0.3) is 11.0 Å². The minimum atomic E-state index is -3.62. The molecule has 26 heavy (non-hydrogen) atoms. The first-order chi connectivity index (χ1) is 12.4. The average Bonchev–Trinajstić information content (AvgIpc) is 3.30. The molecular formula is C18H18N4O3S. The van der Waals surface area contributed by atoms with Crippen LogP contribution in [0.1, 0.15) is 28.8 Å². The normalized spacial score (nSPS) is 14.5. The number of nitrogens with one attached hydrogen (secondary N) is 3. The van der Waals surface area contributed by atoms with Gasteiger partial charge < -0.3 is 4.98 Å². The van der Waals surface area contributed by atoms with Crippen LogP contribution in [0.4, 0.5) is 5.95 Å². The number of fused-ring (bicyclic) bond motifs is 1. The SMILES string of the molecule is Cc1ccc(S(=O)(=O)NC2CC2)cc1C(=O)Nc1nc2ccccc2[nH]1. The third kappa shape index (κ3) is 3.33. The van der Waals surface area contributed by atoms with Crippen LogP contribution in [-0.2, 0) is 10.0 Å². The topological polar surface area (TPSA) is 104 Å². The molecule has 8 heteroatoms. The molecule has 134 valence electrons. The van der Waals surface area contributed by atoms with Crippen molar-refractivity contribution >= 4 is 32.9 Å². The van der Waals surface area contributed by atoms with Crippen molar-refractivity contribution in [2.24, 2.45) is 0 Å². The zero-order valence-electron chi connectivity index (χ0n) is 14.1. The third-order valence-electron chi connectivity index (χ3n) is 4.28. The van der Waals surface area contributed by atoms with Crippen LogP contribution < -0.4 is 10.0 Å². The molecule has 0 bridgehead atoms. The zero-order chi connectivity index (χ0) is 18.3. The van der Waals surface area contributed by atoms with Crippen molar-refractivity contribution in [2.75, 3.05) is 5.32 Å². The Morgan fingerprint density at radius 3 is 2.69 bits per heavy atom. The van der Waals surface area contributed by atoms with Crippen molar-refractivity contribution in [3.63, 3.8) is 0 Å². The molecule has 1 saturated carbocycles. The average molecular weight is 370 g/mol. The lowest BCUT2D eigenvalue weighted by molar-refractivity contribution is 0.102. The molecule has 3 aromatic rings. The fraction of sp³-hybridized carbons (Fsp3) is 0.222. The minimum Gasteiger partial charge on any atom is -0.324 e. The summed E-state index contributed by atoms with van der Waals surface area (Å²) in [6.45, 7) is 1.76. The quantitative estimate of drug-likeness (QED) is 0.642. The number of carbonyl (C=O) groups is 1. The molecule has 0 aliphatic heterocycles. The summed E-state index contributed by atoms with van der Waals surface area (Å²) in [6, 6.07) is 12.0. The molecule has 2 aromatic carbocycles. The van der Waals surface area contributed by atoms with Crippen molar-refractivity contribution < 1.29 is 13.2 Å². The molecule has 0 radical (unpaired) electrons. The van der Waals surface area contributed by atoms with Gasteiger partial charge in [0.25, 0.3) is 5.91 Å². The maximum Gasteiger partial charge on any atom is 0.258 e. The first kappa shape index (κ1) is 16.7. The molecule has 0 unspecified atom stereocenters. The molecule has 1 amide bonds. The van der Waals surface area contributed by atoms with Crippen LogP contribution in [0, 0.1) is 6.92 Å². The van der Waals surface area contributed by atoms with Gasteiger partial charge in [-0.05, 0) is 49.6 Å². The summed E-state index contributed by atoms with van der Waals surface area (Å²) in [5.74, 6) is -0.0926. The Balaban J connectivity index is 1.61. The van der Waals surface area contributed by atoms with E-state index in [0.29, 0.717) is 17.1 Å². The number of aromatic nitrogens is 2. The van der Waals surface area contributed by atoms with E-state index < -0.39 is 15.9 Å². The van der Waals surface area contributed by atoms with E-state index in [1.165, 1.54) is 12.1 Å². The van der Waals surface area contributed by atoms with Gasteiger partial charge in [0, 0.05) is 11.6 Å². The van der Waals surface area contributed by atoms with Gasteiger partial charge in [-0.25, -0.2) is 18.1 Å². The number of para-hydroxylation sites is 2. The molecule has 3 N–H and O–H groups in total. The van der Waals surface area contributed by atoms with Crippen molar-refractivity contribution in [3.8, 4) is 0 Å². The number of carbonyl (C=O) groups excluding carboxylic acids is 1. The number of aryl methyl sites for hydroxylation is 1. The summed E-state index contributed by atoms with van der Waals surface area (Å²) >= 11 is 0. The molecule has 4 rings (SSSR count). The Labute approximate surface area is 150 Å². The molecular weight excluding hydrogens is 352 g/mol. The van der Waals surface area contributed by atoms with Gasteiger partial charge in [-0.15, -0.1) is 0 Å². The monoisotopic (exact) mass is 370 g/mol. The van der Waals surface area contributed by atoms with Crippen molar-refractivity contribution in [2.45, 2.75) is 30.7 Å². The van der Waals surface area contributed by atoms with Crippen LogP contribution in [0.3, 0.4) is 0 Å². The first-order valence-corrected chi connectivity index (χ1v) is 9.80. The van der Waals surface area contributed by atoms with E-state index in [-0.39, 0.29) is 10.9 Å². The van der Waals surface area contributed by atoms with E-state index in [1.807, 2.05) is 24.3 Å². The van der Waals surface area contributed by atoms with Crippen LogP contribution in [0.5, 0.6) is 0 Å². The van der Waals surface area contributed by atoms with Crippen LogP contribution in [0.2, 0.25) is 0 Å². The largest absolute Gasteiger partial charge is 0.324 e. The number of amides is 1. The standard InChI is InChI=1S/C18H18N4O3S/c1-11-6-9-13(26(24,25)22-12-7-8-12)10-14(11)17(23)21-18-19-15-4-2-3-5-16(15)20-18/h2-6,9-10,12,22H,7-8H2,1H3,(H2,19,20,21,23). The Morgan fingerprint density at radius 1 is 1.19 bits per heavy atom. The molecule has 1 aromatic heterocycles. The Morgan fingerprint density at radius 2 is 1.96 bits per heavy atom. The van der Waals surface area contributed by atoms with E-state index in [2.05, 4.69) is 20.0 Å². The van der Waals surface area contributed by atoms with Gasteiger partial charge >= 0.3 is 0 Å². The third-order valence-corrected chi connectivity index (χ3v) is 5.80. The van der Waals surface area contributed by atoms with Gasteiger partial charge in [-0.1, -0.05) is 18.2 Å². The highest BCUT2D eigenvalue weighted by molar-refractivity contribution is 7.89. The number of benzene rings is 2. The summed E-state index contributed by atoms with van der Waals surface area (Å²) in [5.41, 5.74) is 2.53. The van der Waals surface area contributed by atoms with Crippen molar-refractivity contribution in [1.29, 1.82) is 0 Å². The summed E-state index contributed by atoms with van der Waals surface area (Å²) in [5, 5.41) is 2.70. The minimum absolute atomic E-state index is 0.00845. The molecule has 1 aliphatic rings. The van der Waals surface area contributed by atoms with Gasteiger partial charge in [0.15, 0.2) is 0 Å². The number of anilines is 1. The second-order valence-electron chi connectivity index (χ2n) is 6.43. The Hall–Kier alpha value is -2.71. The maximum absolute atomic E-state index is 12.6. The van der Waals surface area contributed by atoms with E-state index in [1.54, 1.807) is 13.0 Å².